The topological polar surface area (TPSA) is 20.2 Å². The molecular formula is C10H15F3O. The molecule has 4 heteroatoms. The summed E-state index contributed by atoms with van der Waals surface area (Å²) in [6.07, 6.45) is -0.772. The average molecular weight is 208 g/mol. The molecule has 0 heterocycles. The molecule has 2 atom stereocenters. The van der Waals surface area contributed by atoms with Crippen LogP contribution in [0.3, 0.4) is 0 Å². The molecule has 2 rings (SSSR count). The van der Waals surface area contributed by atoms with Crippen LogP contribution in [-0.2, 0) is 0 Å². The van der Waals surface area contributed by atoms with E-state index in [0.717, 1.165) is 6.42 Å². The highest BCUT2D eigenvalue weighted by atomic mass is 19.4. The summed E-state index contributed by atoms with van der Waals surface area (Å²) in [4.78, 5) is 0. The molecule has 2 saturated carbocycles. The molecule has 0 aromatic heterocycles. The molecule has 0 radical (unpaired) electrons. The normalized spacial score (nSPS) is 36.9. The van der Waals surface area contributed by atoms with Gasteiger partial charge in [-0.05, 0) is 31.6 Å². The molecule has 0 amide bonds. The second kappa shape index (κ2) is 3.12. The molecule has 2 unspecified atom stereocenters. The quantitative estimate of drug-likeness (QED) is 0.702. The van der Waals surface area contributed by atoms with Crippen molar-refractivity contribution in [1.29, 1.82) is 0 Å². The van der Waals surface area contributed by atoms with Gasteiger partial charge in [-0.1, -0.05) is 12.8 Å². The van der Waals surface area contributed by atoms with E-state index >= 15 is 0 Å². The number of rotatable bonds is 1. The summed E-state index contributed by atoms with van der Waals surface area (Å²) in [7, 11) is 0. The summed E-state index contributed by atoms with van der Waals surface area (Å²) in [6.45, 7) is 0. The Morgan fingerprint density at radius 2 is 1.64 bits per heavy atom. The highest BCUT2D eigenvalue weighted by molar-refractivity contribution is 5.03. The molecular weight excluding hydrogens is 193 g/mol. The fraction of sp³-hybridized carbons (Fsp3) is 1.00. The SMILES string of the molecule is OC1(C2CCCCC2C(F)(F)F)CC1. The molecule has 2 aliphatic rings. The van der Waals surface area contributed by atoms with Crippen molar-refractivity contribution in [2.75, 3.05) is 0 Å². The van der Waals surface area contributed by atoms with Crippen LogP contribution in [0.15, 0.2) is 0 Å². The van der Waals surface area contributed by atoms with Crippen molar-refractivity contribution in [3.63, 3.8) is 0 Å². The average Bonchev–Trinajstić information content (AvgIpc) is 2.84. The van der Waals surface area contributed by atoms with Gasteiger partial charge in [-0.2, -0.15) is 13.2 Å². The predicted octanol–water partition coefficient (Wildman–Crippen LogP) is 2.88. The van der Waals surface area contributed by atoms with Crippen LogP contribution in [0.2, 0.25) is 0 Å². The molecule has 0 aromatic rings. The van der Waals surface area contributed by atoms with E-state index in [4.69, 9.17) is 0 Å². The van der Waals surface area contributed by atoms with Crippen molar-refractivity contribution in [2.45, 2.75) is 50.3 Å². The smallest absolute Gasteiger partial charge is 0.390 e. The highest BCUT2D eigenvalue weighted by Gasteiger charge is 2.57. The zero-order valence-corrected chi connectivity index (χ0v) is 7.98. The van der Waals surface area contributed by atoms with E-state index in [1.165, 1.54) is 0 Å². The van der Waals surface area contributed by atoms with Gasteiger partial charge in [0.05, 0.1) is 11.5 Å². The van der Waals surface area contributed by atoms with E-state index in [1.807, 2.05) is 0 Å². The summed E-state index contributed by atoms with van der Waals surface area (Å²) < 4.78 is 37.9. The molecule has 2 aliphatic carbocycles. The fourth-order valence-corrected chi connectivity index (χ4v) is 2.66. The summed E-state index contributed by atoms with van der Waals surface area (Å²) in [6, 6.07) is 0. The second-order valence-corrected chi connectivity index (χ2v) is 4.64. The Hall–Kier alpha value is -0.250. The third-order valence-corrected chi connectivity index (χ3v) is 3.64. The molecule has 14 heavy (non-hydrogen) atoms. The summed E-state index contributed by atoms with van der Waals surface area (Å²) >= 11 is 0. The van der Waals surface area contributed by atoms with E-state index in [2.05, 4.69) is 0 Å². The van der Waals surface area contributed by atoms with Crippen molar-refractivity contribution in [3.05, 3.63) is 0 Å². The van der Waals surface area contributed by atoms with E-state index in [9.17, 15) is 18.3 Å². The molecule has 0 spiro atoms. The number of aliphatic hydroxyl groups is 1. The fourth-order valence-electron chi connectivity index (χ4n) is 2.66. The Morgan fingerprint density at radius 3 is 2.14 bits per heavy atom. The van der Waals surface area contributed by atoms with Crippen LogP contribution in [0, 0.1) is 11.8 Å². The van der Waals surface area contributed by atoms with E-state index in [-0.39, 0.29) is 6.42 Å². The maximum absolute atomic E-state index is 12.6. The maximum atomic E-state index is 12.6. The Balaban J connectivity index is 2.11. The molecule has 0 bridgehead atoms. The van der Waals surface area contributed by atoms with Gasteiger partial charge in [0, 0.05) is 0 Å². The highest BCUT2D eigenvalue weighted by Crippen LogP contribution is 2.54. The molecule has 0 saturated heterocycles. The van der Waals surface area contributed by atoms with Crippen LogP contribution >= 0.6 is 0 Å². The number of hydrogen-bond acceptors (Lipinski definition) is 1. The van der Waals surface area contributed by atoms with Gasteiger partial charge in [-0.3, -0.25) is 0 Å². The summed E-state index contributed by atoms with van der Waals surface area (Å²) in [5, 5.41) is 9.79. The van der Waals surface area contributed by atoms with Crippen molar-refractivity contribution in [3.8, 4) is 0 Å². The van der Waals surface area contributed by atoms with Crippen LogP contribution in [0.4, 0.5) is 13.2 Å². The van der Waals surface area contributed by atoms with Gasteiger partial charge in [0.2, 0.25) is 0 Å². The summed E-state index contributed by atoms with van der Waals surface area (Å²) in [5.41, 5.74) is -0.972. The minimum Gasteiger partial charge on any atom is -0.390 e. The zero-order valence-electron chi connectivity index (χ0n) is 7.98. The zero-order chi connectivity index (χ0) is 10.4. The minimum atomic E-state index is -4.12. The van der Waals surface area contributed by atoms with Crippen molar-refractivity contribution < 1.29 is 18.3 Å². The van der Waals surface area contributed by atoms with Crippen LogP contribution in [-0.4, -0.2) is 16.9 Å². The van der Waals surface area contributed by atoms with Crippen molar-refractivity contribution >= 4 is 0 Å². The monoisotopic (exact) mass is 208 g/mol. The van der Waals surface area contributed by atoms with Crippen LogP contribution < -0.4 is 0 Å². The van der Waals surface area contributed by atoms with Gasteiger partial charge in [-0.15, -0.1) is 0 Å². The third-order valence-electron chi connectivity index (χ3n) is 3.64. The van der Waals surface area contributed by atoms with Crippen LogP contribution in [0.5, 0.6) is 0 Å². The predicted molar refractivity (Wildman–Crippen MR) is 45.7 cm³/mol. The first-order valence-electron chi connectivity index (χ1n) is 5.22. The third kappa shape index (κ3) is 1.76. The van der Waals surface area contributed by atoms with Gasteiger partial charge in [0.25, 0.3) is 0 Å². The number of hydrogen-bond donors (Lipinski definition) is 1. The Labute approximate surface area is 81.3 Å². The Bertz CT molecular complexity index is 207. The van der Waals surface area contributed by atoms with Crippen LogP contribution in [0.1, 0.15) is 38.5 Å². The lowest BCUT2D eigenvalue weighted by molar-refractivity contribution is -0.209. The first-order valence-corrected chi connectivity index (χ1v) is 5.22. The lowest BCUT2D eigenvalue weighted by atomic mass is 9.74. The first-order chi connectivity index (χ1) is 6.43. The van der Waals surface area contributed by atoms with Gasteiger partial charge in [0.15, 0.2) is 0 Å². The molecule has 0 aromatic carbocycles. The molecule has 0 aliphatic heterocycles. The maximum Gasteiger partial charge on any atom is 0.392 e. The van der Waals surface area contributed by atoms with Crippen molar-refractivity contribution in [2.24, 2.45) is 11.8 Å². The molecule has 82 valence electrons. The molecule has 2 fully saturated rings. The lowest BCUT2D eigenvalue weighted by Crippen LogP contribution is -2.40. The van der Waals surface area contributed by atoms with Gasteiger partial charge >= 0.3 is 6.18 Å². The standard InChI is InChI=1S/C10H15F3O/c11-10(12,13)8-4-2-1-3-7(8)9(14)5-6-9/h7-8,14H,1-6H2. The van der Waals surface area contributed by atoms with E-state index in [0.29, 0.717) is 25.7 Å². The number of alkyl halides is 3. The Morgan fingerprint density at radius 1 is 1.07 bits per heavy atom. The largest absolute Gasteiger partial charge is 0.392 e. The van der Waals surface area contributed by atoms with E-state index < -0.39 is 23.6 Å². The van der Waals surface area contributed by atoms with Gasteiger partial charge in [0.1, 0.15) is 0 Å². The van der Waals surface area contributed by atoms with Gasteiger partial charge < -0.3 is 5.11 Å². The Kier molecular flexibility index (Phi) is 2.29. The molecule has 1 nitrogen and oxygen atoms in total. The molecule has 1 N–H and O–H groups in total. The minimum absolute atomic E-state index is 0.205. The van der Waals surface area contributed by atoms with Crippen molar-refractivity contribution in [1.82, 2.24) is 0 Å². The second-order valence-electron chi connectivity index (χ2n) is 4.64. The van der Waals surface area contributed by atoms with E-state index in [1.54, 1.807) is 0 Å². The lowest BCUT2D eigenvalue weighted by Gasteiger charge is -2.36. The first kappa shape index (κ1) is 10.3. The number of halogens is 3. The summed E-state index contributed by atoms with van der Waals surface area (Å²) in [5.74, 6) is -1.79. The van der Waals surface area contributed by atoms with Gasteiger partial charge in [-0.25, -0.2) is 0 Å². The van der Waals surface area contributed by atoms with Crippen LogP contribution in [0.25, 0.3) is 0 Å².